The Balaban J connectivity index is 2.60. The van der Waals surface area contributed by atoms with Gasteiger partial charge in [-0.15, -0.1) is 0 Å². The Bertz CT molecular complexity index is 238. The van der Waals surface area contributed by atoms with E-state index in [1.807, 2.05) is 0 Å². The Morgan fingerprint density at radius 3 is 2.36 bits per heavy atom. The van der Waals surface area contributed by atoms with Crippen molar-refractivity contribution in [1.29, 1.82) is 0 Å². The lowest BCUT2D eigenvalue weighted by molar-refractivity contribution is -0.363. The standard InChI is InChI=1S/C5H11O8P/c6-2-1-12-5(4(8)3(2)7)13-14(9,10)11/h2-8H,1H2,(H2,9,10,11)/p-2/t2-,3+,4+,5-/m1/s1. The van der Waals surface area contributed by atoms with Gasteiger partial charge in [-0.25, -0.2) is 0 Å². The molecule has 0 radical (unpaired) electrons. The Kier molecular flexibility index (Phi) is 3.62. The van der Waals surface area contributed by atoms with E-state index in [1.165, 1.54) is 0 Å². The van der Waals surface area contributed by atoms with Crippen LogP contribution in [-0.2, 0) is 13.8 Å². The first-order valence-electron chi connectivity index (χ1n) is 3.67. The highest BCUT2D eigenvalue weighted by molar-refractivity contribution is 7.43. The van der Waals surface area contributed by atoms with E-state index in [-0.39, 0.29) is 0 Å². The third-order valence-corrected chi connectivity index (χ3v) is 2.15. The van der Waals surface area contributed by atoms with Crippen molar-refractivity contribution in [2.24, 2.45) is 0 Å². The second-order valence-electron chi connectivity index (χ2n) is 2.80. The molecule has 0 saturated carbocycles. The first-order valence-corrected chi connectivity index (χ1v) is 5.13. The molecule has 14 heavy (non-hydrogen) atoms. The number of aliphatic hydroxyl groups excluding tert-OH is 3. The van der Waals surface area contributed by atoms with Crippen molar-refractivity contribution in [2.75, 3.05) is 6.61 Å². The van der Waals surface area contributed by atoms with Crippen molar-refractivity contribution in [3.8, 4) is 0 Å². The summed E-state index contributed by atoms with van der Waals surface area (Å²) >= 11 is 0. The van der Waals surface area contributed by atoms with Crippen LogP contribution in [-0.4, -0.2) is 46.5 Å². The Hall–Kier alpha value is -0.0500. The van der Waals surface area contributed by atoms with Crippen LogP contribution in [0, 0.1) is 0 Å². The van der Waals surface area contributed by atoms with E-state index in [4.69, 9.17) is 15.3 Å². The molecule has 4 atom stereocenters. The van der Waals surface area contributed by atoms with E-state index in [0.29, 0.717) is 0 Å². The molecule has 0 aliphatic carbocycles. The van der Waals surface area contributed by atoms with Gasteiger partial charge < -0.3 is 38.9 Å². The summed E-state index contributed by atoms with van der Waals surface area (Å²) in [4.78, 5) is 20.3. The zero-order chi connectivity index (χ0) is 10.9. The lowest BCUT2D eigenvalue weighted by Gasteiger charge is -2.40. The largest absolute Gasteiger partial charge is 0.790 e. The minimum Gasteiger partial charge on any atom is -0.790 e. The van der Waals surface area contributed by atoms with Crippen LogP contribution in [0.15, 0.2) is 0 Å². The van der Waals surface area contributed by atoms with Crippen molar-refractivity contribution in [1.82, 2.24) is 0 Å². The number of hydrogen-bond donors (Lipinski definition) is 3. The van der Waals surface area contributed by atoms with Crippen LogP contribution < -0.4 is 9.79 Å². The minimum absolute atomic E-state index is 0.428. The first-order chi connectivity index (χ1) is 6.31. The summed E-state index contributed by atoms with van der Waals surface area (Å²) in [6.45, 7) is -0.428. The third kappa shape index (κ3) is 2.97. The summed E-state index contributed by atoms with van der Waals surface area (Å²) in [6, 6.07) is 0. The van der Waals surface area contributed by atoms with Crippen LogP contribution in [0.4, 0.5) is 0 Å². The fourth-order valence-electron chi connectivity index (χ4n) is 0.999. The normalized spacial score (nSPS) is 39.8. The van der Waals surface area contributed by atoms with E-state index >= 15 is 0 Å². The predicted molar refractivity (Wildman–Crippen MR) is 36.5 cm³/mol. The van der Waals surface area contributed by atoms with Crippen LogP contribution in [0.2, 0.25) is 0 Å². The van der Waals surface area contributed by atoms with Gasteiger partial charge in [0.05, 0.1) is 14.4 Å². The van der Waals surface area contributed by atoms with Gasteiger partial charge in [-0.05, 0) is 0 Å². The van der Waals surface area contributed by atoms with Gasteiger partial charge in [-0.2, -0.15) is 0 Å². The zero-order valence-electron chi connectivity index (χ0n) is 6.85. The maximum atomic E-state index is 10.1. The van der Waals surface area contributed by atoms with Crippen molar-refractivity contribution in [3.63, 3.8) is 0 Å². The van der Waals surface area contributed by atoms with Gasteiger partial charge in [-0.3, -0.25) is 0 Å². The molecule has 0 unspecified atom stereocenters. The summed E-state index contributed by atoms with van der Waals surface area (Å²) in [5.74, 6) is 0. The predicted octanol–water partition coefficient (Wildman–Crippen LogP) is -3.73. The number of phosphoric ester groups is 1. The Morgan fingerprint density at radius 1 is 1.29 bits per heavy atom. The summed E-state index contributed by atoms with van der Waals surface area (Å²) < 4.78 is 18.5. The molecule has 1 aliphatic rings. The molecule has 3 N–H and O–H groups in total. The quantitative estimate of drug-likeness (QED) is 0.409. The number of phosphoric acid groups is 1. The maximum absolute atomic E-state index is 10.1. The van der Waals surface area contributed by atoms with E-state index in [2.05, 4.69) is 9.26 Å². The van der Waals surface area contributed by atoms with Gasteiger partial charge in [0.1, 0.15) is 18.3 Å². The van der Waals surface area contributed by atoms with Crippen molar-refractivity contribution in [3.05, 3.63) is 0 Å². The molecule has 0 amide bonds. The summed E-state index contributed by atoms with van der Waals surface area (Å²) in [6.07, 6.45) is -6.51. The lowest BCUT2D eigenvalue weighted by Crippen LogP contribution is -2.54. The minimum atomic E-state index is -5.30. The molecule has 0 aromatic rings. The number of hydrogen-bond acceptors (Lipinski definition) is 8. The number of rotatable bonds is 2. The van der Waals surface area contributed by atoms with Crippen LogP contribution in [0.3, 0.4) is 0 Å². The number of ether oxygens (including phenoxy) is 1. The third-order valence-electron chi connectivity index (χ3n) is 1.69. The molecule has 1 aliphatic heterocycles. The molecule has 1 rings (SSSR count). The lowest BCUT2D eigenvalue weighted by atomic mass is 10.1. The van der Waals surface area contributed by atoms with Crippen molar-refractivity contribution >= 4 is 7.82 Å². The van der Waals surface area contributed by atoms with Crippen LogP contribution in [0.5, 0.6) is 0 Å². The van der Waals surface area contributed by atoms with E-state index in [0.717, 1.165) is 0 Å². The molecular weight excluding hydrogens is 219 g/mol. The molecule has 84 valence electrons. The van der Waals surface area contributed by atoms with E-state index in [1.54, 1.807) is 0 Å². The van der Waals surface area contributed by atoms with E-state index < -0.39 is 39.0 Å². The molecule has 1 saturated heterocycles. The van der Waals surface area contributed by atoms with Gasteiger partial charge in [-0.1, -0.05) is 0 Å². The van der Waals surface area contributed by atoms with Gasteiger partial charge in [0.2, 0.25) is 0 Å². The second-order valence-corrected chi connectivity index (χ2v) is 3.91. The monoisotopic (exact) mass is 228 g/mol. The molecule has 9 heteroatoms. The fourth-order valence-corrected chi connectivity index (χ4v) is 1.44. The molecular formula is C5H9O8P-2. The highest BCUT2D eigenvalue weighted by atomic mass is 31.2. The van der Waals surface area contributed by atoms with E-state index in [9.17, 15) is 14.4 Å². The molecule has 1 fully saturated rings. The topological polar surface area (TPSA) is 142 Å². The molecule has 0 aromatic heterocycles. The SMILES string of the molecule is O=P([O-])([O-])O[C@H]1OC[C@@H](O)[C@H](O)[C@@H]1O. The number of aliphatic hydroxyl groups is 3. The van der Waals surface area contributed by atoms with Gasteiger partial charge >= 0.3 is 0 Å². The highest BCUT2D eigenvalue weighted by Gasteiger charge is 2.38. The molecule has 0 bridgehead atoms. The molecule has 1 heterocycles. The highest BCUT2D eigenvalue weighted by Crippen LogP contribution is 2.31. The fraction of sp³-hybridized carbons (Fsp3) is 1.00. The van der Waals surface area contributed by atoms with Crippen molar-refractivity contribution < 1.29 is 38.9 Å². The van der Waals surface area contributed by atoms with Gasteiger partial charge in [0.25, 0.3) is 0 Å². The van der Waals surface area contributed by atoms with Crippen LogP contribution >= 0.6 is 7.82 Å². The first kappa shape index (κ1) is 12.0. The van der Waals surface area contributed by atoms with Crippen LogP contribution in [0.25, 0.3) is 0 Å². The van der Waals surface area contributed by atoms with Gasteiger partial charge in [0.15, 0.2) is 6.29 Å². The zero-order valence-corrected chi connectivity index (χ0v) is 7.74. The molecule has 0 aromatic carbocycles. The Labute approximate surface area is 78.9 Å². The summed E-state index contributed by atoms with van der Waals surface area (Å²) in [5.41, 5.74) is 0. The average molecular weight is 228 g/mol. The second kappa shape index (κ2) is 4.21. The Morgan fingerprint density at radius 2 is 1.86 bits per heavy atom. The smallest absolute Gasteiger partial charge is 0.190 e. The van der Waals surface area contributed by atoms with Crippen LogP contribution in [0.1, 0.15) is 0 Å². The molecule has 8 nitrogen and oxygen atoms in total. The molecule has 0 spiro atoms. The summed E-state index contributed by atoms with van der Waals surface area (Å²) in [5, 5.41) is 27.1. The van der Waals surface area contributed by atoms with Crippen molar-refractivity contribution in [2.45, 2.75) is 24.6 Å². The maximum Gasteiger partial charge on any atom is 0.190 e. The van der Waals surface area contributed by atoms with Gasteiger partial charge in [0, 0.05) is 0 Å². The summed E-state index contributed by atoms with van der Waals surface area (Å²) in [7, 11) is -5.30. The average Bonchev–Trinajstić information content (AvgIpc) is 2.04.